The van der Waals surface area contributed by atoms with Crippen LogP contribution in [0.4, 0.5) is 22.0 Å². The minimum atomic E-state index is -0.640. The summed E-state index contributed by atoms with van der Waals surface area (Å²) in [6.45, 7) is 4.16. The normalized spacial score (nSPS) is 18.1. The van der Waals surface area contributed by atoms with Gasteiger partial charge in [0.25, 0.3) is 0 Å². The first kappa shape index (κ1) is 24.1. The van der Waals surface area contributed by atoms with Crippen molar-refractivity contribution in [1.29, 1.82) is 0 Å². The number of nitrogens with zero attached hydrogens (tertiary/aromatic N) is 1. The summed E-state index contributed by atoms with van der Waals surface area (Å²) in [6.07, 6.45) is 1.73. The molecule has 2 amide bonds. The molecule has 3 aromatic carbocycles. The highest BCUT2D eigenvalue weighted by atomic mass is 16.5. The Hall–Kier alpha value is -4.59. The summed E-state index contributed by atoms with van der Waals surface area (Å²) >= 11 is 0. The van der Waals surface area contributed by atoms with Crippen LogP contribution in [0.1, 0.15) is 41.3 Å². The molecular weight excluding hydrogens is 466 g/mol. The van der Waals surface area contributed by atoms with Crippen molar-refractivity contribution in [3.63, 3.8) is 0 Å². The van der Waals surface area contributed by atoms with Gasteiger partial charge in [0.05, 0.1) is 12.6 Å². The number of anilines is 3. The van der Waals surface area contributed by atoms with Gasteiger partial charge in [-0.1, -0.05) is 30.3 Å². The molecule has 1 unspecified atom stereocenters. The van der Waals surface area contributed by atoms with Crippen molar-refractivity contribution in [1.82, 2.24) is 10.3 Å². The lowest BCUT2D eigenvalue weighted by Crippen LogP contribution is -2.35. The number of carbonyl (C=O) groups is 2. The molecule has 5 N–H and O–H groups in total. The fourth-order valence-electron chi connectivity index (χ4n) is 4.61. The van der Waals surface area contributed by atoms with E-state index in [-0.39, 0.29) is 18.6 Å². The number of pyridine rings is 1. The van der Waals surface area contributed by atoms with Crippen molar-refractivity contribution in [2.75, 3.05) is 23.0 Å². The van der Waals surface area contributed by atoms with Crippen LogP contribution in [0, 0.1) is 6.92 Å². The number of nitrogen functional groups attached to an aromatic ring is 1. The molecule has 3 heterocycles. The number of ether oxygens (including phenoxy) is 1. The number of fused-ring (bicyclic) bond motifs is 10. The quantitative estimate of drug-likeness (QED) is 0.301. The molecule has 37 heavy (non-hydrogen) atoms. The Labute approximate surface area is 215 Å². The molecule has 2 aliphatic rings. The fourth-order valence-corrected chi connectivity index (χ4v) is 4.61. The second kappa shape index (κ2) is 10.2. The van der Waals surface area contributed by atoms with Crippen LogP contribution in [0.15, 0.2) is 72.9 Å². The number of aromatic nitrogens is 1. The Balaban J connectivity index is 1.52. The summed E-state index contributed by atoms with van der Waals surface area (Å²) in [4.78, 5) is 30.1. The van der Waals surface area contributed by atoms with Gasteiger partial charge in [-0.25, -0.2) is 9.78 Å². The molecule has 6 rings (SSSR count). The van der Waals surface area contributed by atoms with E-state index in [0.717, 1.165) is 38.7 Å². The summed E-state index contributed by atoms with van der Waals surface area (Å²) in [5, 5.41) is 11.1. The van der Waals surface area contributed by atoms with E-state index in [1.165, 1.54) is 0 Å². The molecule has 0 fully saturated rings. The third-order valence-electron chi connectivity index (χ3n) is 6.66. The van der Waals surface area contributed by atoms with Gasteiger partial charge in [0.2, 0.25) is 5.91 Å². The summed E-state index contributed by atoms with van der Waals surface area (Å²) in [7, 11) is 0. The van der Waals surface area contributed by atoms with Crippen LogP contribution in [-0.2, 0) is 16.0 Å². The molecule has 4 bridgehead atoms. The van der Waals surface area contributed by atoms with Crippen LogP contribution in [0.2, 0.25) is 0 Å². The van der Waals surface area contributed by atoms with Crippen molar-refractivity contribution in [3.05, 3.63) is 95.2 Å². The maximum Gasteiger partial charge on any atom is 0.411 e. The van der Waals surface area contributed by atoms with Gasteiger partial charge >= 0.3 is 6.09 Å². The minimum absolute atomic E-state index is 0.168. The zero-order chi connectivity index (χ0) is 25.9. The molecule has 2 atom stereocenters. The Morgan fingerprint density at radius 2 is 1.89 bits per heavy atom. The molecule has 0 saturated carbocycles. The predicted octanol–water partition coefficient (Wildman–Crippen LogP) is 5.26. The van der Waals surface area contributed by atoms with Crippen molar-refractivity contribution in [3.8, 4) is 0 Å². The van der Waals surface area contributed by atoms with Crippen LogP contribution in [0.25, 0.3) is 10.8 Å². The Morgan fingerprint density at radius 3 is 2.73 bits per heavy atom. The summed E-state index contributed by atoms with van der Waals surface area (Å²) < 4.78 is 5.39. The Morgan fingerprint density at radius 1 is 1.03 bits per heavy atom. The first-order chi connectivity index (χ1) is 17.9. The SMILES string of the molecule is Cc1cc2ccc1CCOC(=O)Nc1cccc(c1)C(C)NC(=O)[C@@H]2Nc1ccc2c(N)nccc2c1. The average Bonchev–Trinajstić information content (AvgIpc) is 2.88. The van der Waals surface area contributed by atoms with Crippen LogP contribution < -0.4 is 21.7 Å². The third-order valence-corrected chi connectivity index (χ3v) is 6.66. The highest BCUT2D eigenvalue weighted by Crippen LogP contribution is 2.28. The average molecular weight is 496 g/mol. The van der Waals surface area contributed by atoms with Crippen molar-refractivity contribution >= 4 is 40.0 Å². The highest BCUT2D eigenvalue weighted by Gasteiger charge is 2.24. The van der Waals surface area contributed by atoms with Crippen LogP contribution >= 0.6 is 0 Å². The first-order valence-electron chi connectivity index (χ1n) is 12.2. The Kier molecular flexibility index (Phi) is 6.64. The van der Waals surface area contributed by atoms with E-state index in [9.17, 15) is 9.59 Å². The van der Waals surface area contributed by atoms with Gasteiger partial charge in [-0.05, 0) is 77.9 Å². The zero-order valence-corrected chi connectivity index (χ0v) is 20.7. The third kappa shape index (κ3) is 5.33. The molecule has 0 spiro atoms. The van der Waals surface area contributed by atoms with Gasteiger partial charge in [-0.15, -0.1) is 0 Å². The van der Waals surface area contributed by atoms with Gasteiger partial charge in [0.1, 0.15) is 11.9 Å². The number of hydrogen-bond acceptors (Lipinski definition) is 6. The number of nitrogens with two attached hydrogens (primary N) is 1. The number of amides is 2. The highest BCUT2D eigenvalue weighted by molar-refractivity contribution is 5.94. The molecule has 0 radical (unpaired) electrons. The van der Waals surface area contributed by atoms with E-state index in [1.54, 1.807) is 12.3 Å². The van der Waals surface area contributed by atoms with Crippen LogP contribution in [0.5, 0.6) is 0 Å². The van der Waals surface area contributed by atoms with Crippen molar-refractivity contribution < 1.29 is 14.3 Å². The van der Waals surface area contributed by atoms with Crippen molar-refractivity contribution in [2.45, 2.75) is 32.4 Å². The molecule has 0 saturated heterocycles. The summed E-state index contributed by atoms with van der Waals surface area (Å²) in [5.41, 5.74) is 11.2. The second-order valence-corrected chi connectivity index (χ2v) is 9.26. The number of hydrogen-bond donors (Lipinski definition) is 4. The number of aryl methyl sites for hydroxylation is 1. The molecule has 0 aliphatic carbocycles. The van der Waals surface area contributed by atoms with E-state index in [4.69, 9.17) is 10.5 Å². The zero-order valence-electron chi connectivity index (χ0n) is 20.7. The molecule has 8 nitrogen and oxygen atoms in total. The number of nitrogens with one attached hydrogen (secondary N) is 3. The van der Waals surface area contributed by atoms with E-state index in [0.29, 0.717) is 17.9 Å². The monoisotopic (exact) mass is 495 g/mol. The van der Waals surface area contributed by atoms with Crippen LogP contribution in [0.3, 0.4) is 0 Å². The molecule has 2 aliphatic heterocycles. The maximum atomic E-state index is 13.7. The first-order valence-corrected chi connectivity index (χ1v) is 12.2. The van der Waals surface area contributed by atoms with E-state index in [1.807, 2.05) is 74.5 Å². The number of carbonyl (C=O) groups excluding carboxylic acids is 2. The maximum absolute atomic E-state index is 13.7. The molecule has 8 heteroatoms. The summed E-state index contributed by atoms with van der Waals surface area (Å²) in [6, 6.07) is 20.0. The molecule has 188 valence electrons. The Bertz CT molecular complexity index is 1490. The minimum Gasteiger partial charge on any atom is -0.449 e. The lowest BCUT2D eigenvalue weighted by Gasteiger charge is -2.24. The van der Waals surface area contributed by atoms with E-state index in [2.05, 4.69) is 20.9 Å². The van der Waals surface area contributed by atoms with E-state index >= 15 is 0 Å². The predicted molar refractivity (Wildman–Crippen MR) is 145 cm³/mol. The van der Waals surface area contributed by atoms with Crippen molar-refractivity contribution in [2.24, 2.45) is 0 Å². The second-order valence-electron chi connectivity index (χ2n) is 9.26. The van der Waals surface area contributed by atoms with E-state index < -0.39 is 12.1 Å². The lowest BCUT2D eigenvalue weighted by molar-refractivity contribution is -0.122. The summed E-state index contributed by atoms with van der Waals surface area (Å²) in [5.74, 6) is 0.299. The fraction of sp³-hybridized carbons (Fsp3) is 0.207. The van der Waals surface area contributed by atoms with Crippen LogP contribution in [-0.4, -0.2) is 23.6 Å². The molecule has 1 aromatic heterocycles. The van der Waals surface area contributed by atoms with Gasteiger partial charge in [-0.3, -0.25) is 10.1 Å². The largest absolute Gasteiger partial charge is 0.449 e. The number of rotatable bonds is 2. The smallest absolute Gasteiger partial charge is 0.411 e. The topological polar surface area (TPSA) is 118 Å². The van der Waals surface area contributed by atoms with Gasteiger partial charge in [-0.2, -0.15) is 0 Å². The molecule has 4 aromatic rings. The van der Waals surface area contributed by atoms with Gasteiger partial charge in [0, 0.05) is 29.4 Å². The lowest BCUT2D eigenvalue weighted by atomic mass is 9.97. The van der Waals surface area contributed by atoms with Gasteiger partial charge < -0.3 is 21.1 Å². The number of benzene rings is 3. The molecular formula is C29H29N5O3. The standard InChI is InChI=1S/C29H29N5O3/c1-17-14-22-7-6-19(17)11-13-37-29(36)34-23-5-3-4-20(15-23)18(2)32-28(35)26(22)33-24-8-9-25-21(16-24)10-12-31-27(25)30/h3-10,12,14-16,18,26,33H,11,13H2,1-2H3,(H2,30,31)(H,32,35)(H,34,36)/t18?,26-/m1/s1. The van der Waals surface area contributed by atoms with Gasteiger partial charge in [0.15, 0.2) is 0 Å².